The smallest absolute Gasteiger partial charge is 0.358 e. The zero-order chi connectivity index (χ0) is 21.0. The van der Waals surface area contributed by atoms with Gasteiger partial charge in [-0.1, -0.05) is 44.2 Å². The van der Waals surface area contributed by atoms with Crippen LogP contribution in [0.4, 0.5) is 0 Å². The highest BCUT2D eigenvalue weighted by atomic mass is 16.6. The molecule has 158 valence electrons. The summed E-state index contributed by atoms with van der Waals surface area (Å²) < 4.78 is 13.3. The largest absolute Gasteiger partial charge is 0.458 e. The number of aromatic nitrogens is 2. The van der Waals surface area contributed by atoms with Gasteiger partial charge in [0.1, 0.15) is 12.7 Å². The number of ether oxygens (including phenoxy) is 2. The Morgan fingerprint density at radius 3 is 2.62 bits per heavy atom. The van der Waals surface area contributed by atoms with Gasteiger partial charge in [-0.05, 0) is 38.3 Å². The van der Waals surface area contributed by atoms with Gasteiger partial charge in [-0.25, -0.2) is 4.79 Å². The molecule has 1 saturated heterocycles. The van der Waals surface area contributed by atoms with E-state index in [1.54, 1.807) is 0 Å². The van der Waals surface area contributed by atoms with E-state index in [4.69, 9.17) is 9.47 Å². The standard InChI is InChI=1S/C23H33N3O3/c1-17(2)21-13-20(24-26(21)23(3,4)5)22(27)29-16-19-15-25(11-12-28-19)14-18-9-7-6-8-10-18/h6-10,13,17,19H,11-12,14-16H2,1-5H3. The molecule has 1 aliphatic rings. The maximum absolute atomic E-state index is 12.6. The van der Waals surface area contributed by atoms with Crippen LogP contribution in [-0.4, -0.2) is 53.1 Å². The molecule has 0 amide bonds. The van der Waals surface area contributed by atoms with Crippen molar-refractivity contribution in [2.75, 3.05) is 26.3 Å². The second kappa shape index (κ2) is 9.09. The topological polar surface area (TPSA) is 56.6 Å². The van der Waals surface area contributed by atoms with Crippen molar-refractivity contribution >= 4 is 5.97 Å². The number of esters is 1. The van der Waals surface area contributed by atoms with Crippen LogP contribution < -0.4 is 0 Å². The van der Waals surface area contributed by atoms with Crippen molar-refractivity contribution in [2.24, 2.45) is 0 Å². The average molecular weight is 400 g/mol. The van der Waals surface area contributed by atoms with Crippen molar-refractivity contribution in [3.05, 3.63) is 53.3 Å². The number of hydrogen-bond donors (Lipinski definition) is 0. The van der Waals surface area contributed by atoms with E-state index in [1.807, 2.05) is 16.8 Å². The molecular formula is C23H33N3O3. The van der Waals surface area contributed by atoms with E-state index in [0.717, 1.165) is 25.3 Å². The van der Waals surface area contributed by atoms with Crippen LogP contribution >= 0.6 is 0 Å². The summed E-state index contributed by atoms with van der Waals surface area (Å²) >= 11 is 0. The van der Waals surface area contributed by atoms with E-state index in [9.17, 15) is 4.79 Å². The second-order valence-corrected chi connectivity index (χ2v) is 9.00. The van der Waals surface area contributed by atoms with Crippen molar-refractivity contribution in [1.29, 1.82) is 0 Å². The molecule has 3 rings (SSSR count). The zero-order valence-corrected chi connectivity index (χ0v) is 18.2. The molecule has 1 fully saturated rings. The maximum Gasteiger partial charge on any atom is 0.358 e. The summed E-state index contributed by atoms with van der Waals surface area (Å²) in [5.74, 6) is -0.116. The fourth-order valence-corrected chi connectivity index (χ4v) is 3.55. The van der Waals surface area contributed by atoms with E-state index in [2.05, 4.69) is 68.9 Å². The Morgan fingerprint density at radius 2 is 2.00 bits per heavy atom. The Hall–Kier alpha value is -2.18. The minimum atomic E-state index is -0.390. The van der Waals surface area contributed by atoms with Crippen LogP contribution in [0.3, 0.4) is 0 Å². The summed E-state index contributed by atoms with van der Waals surface area (Å²) in [5.41, 5.74) is 2.48. The van der Waals surface area contributed by atoms with Crippen LogP contribution in [0, 0.1) is 0 Å². The summed E-state index contributed by atoms with van der Waals surface area (Å²) in [6, 6.07) is 12.2. The molecule has 0 saturated carbocycles. The summed E-state index contributed by atoms with van der Waals surface area (Å²) in [7, 11) is 0. The number of rotatable bonds is 6. The molecule has 1 aliphatic heterocycles. The van der Waals surface area contributed by atoms with Gasteiger partial charge in [0.25, 0.3) is 0 Å². The molecular weight excluding hydrogens is 366 g/mol. The second-order valence-electron chi connectivity index (χ2n) is 9.00. The fraction of sp³-hybridized carbons (Fsp3) is 0.565. The molecule has 0 spiro atoms. The molecule has 2 aromatic rings. The lowest BCUT2D eigenvalue weighted by molar-refractivity contribution is -0.0613. The summed E-state index contributed by atoms with van der Waals surface area (Å²) in [6.07, 6.45) is -0.120. The van der Waals surface area contributed by atoms with Gasteiger partial charge >= 0.3 is 5.97 Å². The van der Waals surface area contributed by atoms with Crippen LogP contribution in [0.15, 0.2) is 36.4 Å². The Labute approximate surface area is 173 Å². The Kier molecular flexibility index (Phi) is 6.75. The van der Waals surface area contributed by atoms with Gasteiger partial charge in [0, 0.05) is 25.3 Å². The number of carbonyl (C=O) groups is 1. The first-order chi connectivity index (χ1) is 13.7. The van der Waals surface area contributed by atoms with Gasteiger partial charge in [-0.2, -0.15) is 5.10 Å². The number of hydrogen-bond acceptors (Lipinski definition) is 5. The lowest BCUT2D eigenvalue weighted by Gasteiger charge is -2.32. The fourth-order valence-electron chi connectivity index (χ4n) is 3.55. The van der Waals surface area contributed by atoms with Crippen LogP contribution in [-0.2, 0) is 21.6 Å². The van der Waals surface area contributed by atoms with Gasteiger partial charge in [-0.3, -0.25) is 9.58 Å². The van der Waals surface area contributed by atoms with Gasteiger partial charge in [0.2, 0.25) is 0 Å². The molecule has 2 heterocycles. The van der Waals surface area contributed by atoms with Crippen LogP contribution in [0.2, 0.25) is 0 Å². The van der Waals surface area contributed by atoms with Crippen LogP contribution in [0.5, 0.6) is 0 Å². The number of morpholine rings is 1. The van der Waals surface area contributed by atoms with Crippen LogP contribution in [0.1, 0.15) is 62.3 Å². The Morgan fingerprint density at radius 1 is 1.28 bits per heavy atom. The highest BCUT2D eigenvalue weighted by Gasteiger charge is 2.26. The SMILES string of the molecule is CC(C)c1cc(C(=O)OCC2CN(Cc3ccccc3)CCO2)nn1C(C)(C)C. The first-order valence-corrected chi connectivity index (χ1v) is 10.4. The third kappa shape index (κ3) is 5.67. The van der Waals surface area contributed by atoms with Crippen molar-refractivity contribution < 1.29 is 14.3 Å². The summed E-state index contributed by atoms with van der Waals surface area (Å²) in [4.78, 5) is 14.9. The molecule has 1 aromatic carbocycles. The molecule has 0 N–H and O–H groups in total. The van der Waals surface area contributed by atoms with Crippen molar-refractivity contribution in [3.63, 3.8) is 0 Å². The third-order valence-corrected chi connectivity index (χ3v) is 5.05. The van der Waals surface area contributed by atoms with Gasteiger partial charge in [-0.15, -0.1) is 0 Å². The van der Waals surface area contributed by atoms with Gasteiger partial charge < -0.3 is 9.47 Å². The molecule has 1 unspecified atom stereocenters. The first-order valence-electron chi connectivity index (χ1n) is 10.4. The maximum atomic E-state index is 12.6. The minimum absolute atomic E-state index is 0.120. The molecule has 1 aromatic heterocycles. The van der Waals surface area contributed by atoms with E-state index >= 15 is 0 Å². The summed E-state index contributed by atoms with van der Waals surface area (Å²) in [6.45, 7) is 13.8. The zero-order valence-electron chi connectivity index (χ0n) is 18.2. The van der Waals surface area contributed by atoms with Crippen molar-refractivity contribution in [2.45, 2.75) is 58.7 Å². The van der Waals surface area contributed by atoms with E-state index in [-0.39, 0.29) is 24.2 Å². The molecule has 6 heteroatoms. The molecule has 0 bridgehead atoms. The monoisotopic (exact) mass is 399 g/mol. The number of carbonyl (C=O) groups excluding carboxylic acids is 1. The highest BCUT2D eigenvalue weighted by Crippen LogP contribution is 2.24. The van der Waals surface area contributed by atoms with Gasteiger partial charge in [0.05, 0.1) is 12.1 Å². The molecule has 0 radical (unpaired) electrons. The molecule has 29 heavy (non-hydrogen) atoms. The van der Waals surface area contributed by atoms with Gasteiger partial charge in [0.15, 0.2) is 5.69 Å². The molecule has 1 atom stereocenters. The third-order valence-electron chi connectivity index (χ3n) is 5.05. The van der Waals surface area contributed by atoms with E-state index in [0.29, 0.717) is 12.3 Å². The average Bonchev–Trinajstić information content (AvgIpc) is 3.14. The van der Waals surface area contributed by atoms with E-state index < -0.39 is 5.97 Å². The molecule has 6 nitrogen and oxygen atoms in total. The summed E-state index contributed by atoms with van der Waals surface area (Å²) in [5, 5.41) is 4.53. The lowest BCUT2D eigenvalue weighted by Crippen LogP contribution is -2.44. The lowest BCUT2D eigenvalue weighted by atomic mass is 10.1. The van der Waals surface area contributed by atoms with Crippen molar-refractivity contribution in [3.8, 4) is 0 Å². The van der Waals surface area contributed by atoms with E-state index in [1.165, 1.54) is 5.56 Å². The normalized spacial score (nSPS) is 18.2. The van der Waals surface area contributed by atoms with Crippen molar-refractivity contribution in [1.82, 2.24) is 14.7 Å². The Bertz CT molecular complexity index is 809. The molecule has 0 aliphatic carbocycles. The predicted molar refractivity (Wildman–Crippen MR) is 113 cm³/mol. The Balaban J connectivity index is 1.57. The minimum Gasteiger partial charge on any atom is -0.458 e. The number of benzene rings is 1. The van der Waals surface area contributed by atoms with Crippen LogP contribution in [0.25, 0.3) is 0 Å². The quantitative estimate of drug-likeness (QED) is 0.691. The first kappa shape index (κ1) is 21.5. The highest BCUT2D eigenvalue weighted by molar-refractivity contribution is 5.87. The number of nitrogens with zero attached hydrogens (tertiary/aromatic N) is 3. The predicted octanol–water partition coefficient (Wildman–Crippen LogP) is 3.82.